The highest BCUT2D eigenvalue weighted by atomic mass is 35.5. The van der Waals surface area contributed by atoms with E-state index in [9.17, 15) is 19.6 Å². The Bertz CT molecular complexity index is 1090. The molecular formula is C20H19ClN4O3S. The van der Waals surface area contributed by atoms with Crippen LogP contribution in [0.2, 0.25) is 5.02 Å². The van der Waals surface area contributed by atoms with Crippen LogP contribution in [0.1, 0.15) is 26.2 Å². The second kappa shape index (κ2) is 8.39. The van der Waals surface area contributed by atoms with Crippen LogP contribution in [0.3, 0.4) is 0 Å². The lowest BCUT2D eigenvalue weighted by Gasteiger charge is -2.14. The summed E-state index contributed by atoms with van der Waals surface area (Å²) >= 11 is 7.27. The van der Waals surface area contributed by atoms with Crippen molar-refractivity contribution in [3.05, 3.63) is 39.6 Å². The van der Waals surface area contributed by atoms with Crippen LogP contribution in [0.5, 0.6) is 0 Å². The molecule has 7 nitrogen and oxygen atoms in total. The Balaban J connectivity index is 1.95. The van der Waals surface area contributed by atoms with Crippen LogP contribution in [0.15, 0.2) is 34.2 Å². The number of nitriles is 1. The molecule has 0 aliphatic heterocycles. The maximum atomic E-state index is 12.8. The van der Waals surface area contributed by atoms with Gasteiger partial charge < -0.3 is 5.32 Å². The second-order valence-corrected chi connectivity index (χ2v) is 8.24. The number of halogens is 1. The SMILES string of the molecule is CSc1nc(-c2ccc(Cl)cc2NC(C)=O)cc(=O)n1CC(=O)CC1(C#N)CC1. The Kier molecular flexibility index (Phi) is 6.10. The summed E-state index contributed by atoms with van der Waals surface area (Å²) in [6.45, 7) is 1.26. The number of rotatable bonds is 7. The number of hydrogen-bond acceptors (Lipinski definition) is 6. The molecule has 0 spiro atoms. The number of carbonyl (C=O) groups is 2. The summed E-state index contributed by atoms with van der Waals surface area (Å²) in [6.07, 6.45) is 3.36. The molecule has 29 heavy (non-hydrogen) atoms. The number of carbonyl (C=O) groups excluding carboxylic acids is 2. The summed E-state index contributed by atoms with van der Waals surface area (Å²) in [5, 5.41) is 12.7. The summed E-state index contributed by atoms with van der Waals surface area (Å²) in [7, 11) is 0. The number of amides is 1. The number of aromatic nitrogens is 2. The van der Waals surface area contributed by atoms with E-state index in [0.29, 0.717) is 27.1 Å². The Morgan fingerprint density at radius 2 is 2.10 bits per heavy atom. The summed E-state index contributed by atoms with van der Waals surface area (Å²) in [6, 6.07) is 8.44. The highest BCUT2D eigenvalue weighted by Crippen LogP contribution is 2.48. The first-order valence-corrected chi connectivity index (χ1v) is 10.5. The van der Waals surface area contributed by atoms with Crippen LogP contribution in [-0.4, -0.2) is 27.5 Å². The van der Waals surface area contributed by atoms with Gasteiger partial charge in [-0.2, -0.15) is 5.26 Å². The molecule has 2 aromatic rings. The molecule has 150 valence electrons. The third kappa shape index (κ3) is 4.86. The Labute approximate surface area is 177 Å². The lowest BCUT2D eigenvalue weighted by Crippen LogP contribution is -2.27. The molecule has 1 N–H and O–H groups in total. The van der Waals surface area contributed by atoms with Gasteiger partial charge in [-0.15, -0.1) is 0 Å². The fraction of sp³-hybridized carbons (Fsp3) is 0.350. The summed E-state index contributed by atoms with van der Waals surface area (Å²) in [5.74, 6) is -0.439. The van der Waals surface area contributed by atoms with E-state index in [1.54, 1.807) is 24.5 Å². The third-order valence-electron chi connectivity index (χ3n) is 4.68. The van der Waals surface area contributed by atoms with Crippen LogP contribution in [0, 0.1) is 16.7 Å². The topological polar surface area (TPSA) is 105 Å². The number of benzene rings is 1. The molecule has 0 atom stereocenters. The van der Waals surface area contributed by atoms with Gasteiger partial charge in [-0.05, 0) is 37.3 Å². The van der Waals surface area contributed by atoms with E-state index < -0.39 is 5.41 Å². The number of ketones is 1. The minimum absolute atomic E-state index is 0.120. The van der Waals surface area contributed by atoms with Gasteiger partial charge in [0.05, 0.1) is 29.4 Å². The van der Waals surface area contributed by atoms with Crippen LogP contribution in [-0.2, 0) is 16.1 Å². The van der Waals surface area contributed by atoms with E-state index >= 15 is 0 Å². The Morgan fingerprint density at radius 3 is 2.69 bits per heavy atom. The molecule has 1 amide bonds. The molecule has 1 aromatic carbocycles. The molecule has 1 aliphatic carbocycles. The standard InChI is InChI=1S/C20H19ClN4O3S/c1-12(26)23-16-7-13(21)3-4-15(16)17-8-18(28)25(19(24-17)29-2)10-14(27)9-20(11-22)5-6-20/h3-4,7-8H,5-6,9-10H2,1-2H3,(H,23,26). The first kappa shape index (κ1) is 21.1. The minimum atomic E-state index is -0.551. The predicted octanol–water partition coefficient (Wildman–Crippen LogP) is 3.51. The highest BCUT2D eigenvalue weighted by Gasteiger charge is 2.44. The largest absolute Gasteiger partial charge is 0.326 e. The first-order valence-electron chi connectivity index (χ1n) is 8.93. The number of Topliss-reactive ketones (excluding diaryl/α,β-unsaturated/α-hetero) is 1. The van der Waals surface area contributed by atoms with Crippen molar-refractivity contribution in [3.63, 3.8) is 0 Å². The molecule has 1 fully saturated rings. The van der Waals surface area contributed by atoms with E-state index in [2.05, 4.69) is 16.4 Å². The smallest absolute Gasteiger partial charge is 0.255 e. The third-order valence-corrected chi connectivity index (χ3v) is 5.60. The van der Waals surface area contributed by atoms with Crippen molar-refractivity contribution in [2.24, 2.45) is 5.41 Å². The van der Waals surface area contributed by atoms with E-state index in [-0.39, 0.29) is 30.2 Å². The van der Waals surface area contributed by atoms with E-state index in [1.807, 2.05) is 0 Å². The van der Waals surface area contributed by atoms with Gasteiger partial charge in [0.15, 0.2) is 10.9 Å². The first-order chi connectivity index (χ1) is 13.8. The van der Waals surface area contributed by atoms with E-state index in [4.69, 9.17) is 11.6 Å². The lowest BCUT2D eigenvalue weighted by atomic mass is 10.0. The van der Waals surface area contributed by atoms with E-state index in [1.165, 1.54) is 29.3 Å². The van der Waals surface area contributed by atoms with Crippen LogP contribution in [0.25, 0.3) is 11.3 Å². The van der Waals surface area contributed by atoms with Gasteiger partial charge in [-0.25, -0.2) is 4.98 Å². The zero-order chi connectivity index (χ0) is 21.2. The van der Waals surface area contributed by atoms with Crippen molar-refractivity contribution in [1.82, 2.24) is 9.55 Å². The van der Waals surface area contributed by atoms with E-state index in [0.717, 1.165) is 12.8 Å². The average molecular weight is 431 g/mol. The zero-order valence-corrected chi connectivity index (χ0v) is 17.6. The molecule has 3 rings (SSSR count). The fourth-order valence-corrected chi connectivity index (χ4v) is 3.78. The van der Waals surface area contributed by atoms with Gasteiger partial charge in [-0.1, -0.05) is 23.4 Å². The Morgan fingerprint density at radius 1 is 1.38 bits per heavy atom. The molecule has 0 saturated heterocycles. The van der Waals surface area contributed by atoms with Crippen LogP contribution < -0.4 is 10.9 Å². The highest BCUT2D eigenvalue weighted by molar-refractivity contribution is 7.98. The number of nitrogens with zero attached hydrogens (tertiary/aromatic N) is 3. The van der Waals surface area contributed by atoms with Crippen LogP contribution in [0.4, 0.5) is 5.69 Å². The number of hydrogen-bond donors (Lipinski definition) is 1. The quantitative estimate of drug-likeness (QED) is 0.532. The normalized spacial score (nSPS) is 14.1. The van der Waals surface area contributed by atoms with Gasteiger partial charge in [0.1, 0.15) is 0 Å². The van der Waals surface area contributed by atoms with Gasteiger partial charge >= 0.3 is 0 Å². The van der Waals surface area contributed by atoms with Crippen molar-refractivity contribution >= 4 is 40.7 Å². The number of anilines is 1. The van der Waals surface area contributed by atoms with Gasteiger partial charge in [0.25, 0.3) is 5.56 Å². The second-order valence-electron chi connectivity index (χ2n) is 7.03. The maximum absolute atomic E-state index is 12.8. The fourth-order valence-electron chi connectivity index (χ4n) is 3.05. The lowest BCUT2D eigenvalue weighted by molar-refractivity contribution is -0.120. The number of thioether (sulfide) groups is 1. The Hall–Kier alpha value is -2.63. The zero-order valence-electron chi connectivity index (χ0n) is 16.0. The summed E-state index contributed by atoms with van der Waals surface area (Å²) < 4.78 is 1.32. The molecule has 1 heterocycles. The predicted molar refractivity (Wildman–Crippen MR) is 112 cm³/mol. The molecular weight excluding hydrogens is 412 g/mol. The molecule has 1 aliphatic rings. The van der Waals surface area contributed by atoms with Crippen LogP contribution >= 0.6 is 23.4 Å². The number of nitrogens with one attached hydrogen (secondary N) is 1. The molecule has 0 unspecified atom stereocenters. The van der Waals surface area contributed by atoms with Gasteiger partial charge in [0, 0.05) is 30.0 Å². The van der Waals surface area contributed by atoms with Crippen molar-refractivity contribution in [1.29, 1.82) is 5.26 Å². The average Bonchev–Trinajstić information content (AvgIpc) is 3.42. The van der Waals surface area contributed by atoms with Crippen molar-refractivity contribution in [2.75, 3.05) is 11.6 Å². The van der Waals surface area contributed by atoms with Gasteiger partial charge in [-0.3, -0.25) is 19.0 Å². The minimum Gasteiger partial charge on any atom is -0.326 e. The van der Waals surface area contributed by atoms with Gasteiger partial charge in [0.2, 0.25) is 5.91 Å². The molecule has 0 bridgehead atoms. The van der Waals surface area contributed by atoms with Crippen molar-refractivity contribution < 1.29 is 9.59 Å². The molecule has 1 saturated carbocycles. The molecule has 0 radical (unpaired) electrons. The molecule has 1 aromatic heterocycles. The van der Waals surface area contributed by atoms with Crippen molar-refractivity contribution in [2.45, 2.75) is 37.9 Å². The summed E-state index contributed by atoms with van der Waals surface area (Å²) in [5.41, 5.74) is 0.446. The monoisotopic (exact) mass is 430 g/mol. The maximum Gasteiger partial charge on any atom is 0.255 e. The molecule has 9 heteroatoms. The summed E-state index contributed by atoms with van der Waals surface area (Å²) in [4.78, 5) is 41.2. The van der Waals surface area contributed by atoms with Crippen molar-refractivity contribution in [3.8, 4) is 17.3 Å².